The second-order valence-corrected chi connectivity index (χ2v) is 3.55. The van der Waals surface area contributed by atoms with Gasteiger partial charge in [0.15, 0.2) is 5.82 Å². The van der Waals surface area contributed by atoms with E-state index in [-0.39, 0.29) is 0 Å². The molecular formula is C8H9N5OS. The molecule has 0 amide bonds. The molecule has 0 atom stereocenters. The summed E-state index contributed by atoms with van der Waals surface area (Å²) in [5.74, 6) is 6.37. The summed E-state index contributed by atoms with van der Waals surface area (Å²) in [4.78, 5) is 12.2. The average Bonchev–Trinajstić information content (AvgIpc) is 2.80. The molecule has 2 aromatic heterocycles. The number of rotatable bonds is 4. The van der Waals surface area contributed by atoms with Crippen LogP contribution < -0.4 is 11.3 Å². The highest BCUT2D eigenvalue weighted by Gasteiger charge is 2.01. The third kappa shape index (κ3) is 2.67. The summed E-state index contributed by atoms with van der Waals surface area (Å²) in [6.45, 7) is 0. The Morgan fingerprint density at radius 2 is 2.27 bits per heavy atom. The van der Waals surface area contributed by atoms with Crippen molar-refractivity contribution in [3.8, 4) is 0 Å². The van der Waals surface area contributed by atoms with Gasteiger partial charge in [-0.05, 0) is 0 Å². The van der Waals surface area contributed by atoms with E-state index in [9.17, 15) is 0 Å². The van der Waals surface area contributed by atoms with Gasteiger partial charge in [0.05, 0.1) is 24.3 Å². The molecule has 0 radical (unpaired) electrons. The number of anilines is 1. The Hall–Kier alpha value is -1.60. The van der Waals surface area contributed by atoms with Crippen molar-refractivity contribution in [1.82, 2.24) is 15.0 Å². The van der Waals surface area contributed by atoms with Crippen molar-refractivity contribution in [2.75, 3.05) is 5.43 Å². The number of hydrogen-bond donors (Lipinski definition) is 2. The number of nitrogen functional groups attached to an aromatic ring is 1. The zero-order valence-electron chi connectivity index (χ0n) is 7.75. The lowest BCUT2D eigenvalue weighted by molar-refractivity contribution is 0.454. The molecule has 0 aromatic carbocycles. The maximum atomic E-state index is 5.17. The normalized spacial score (nSPS) is 10.2. The highest BCUT2D eigenvalue weighted by molar-refractivity contribution is 7.98. The van der Waals surface area contributed by atoms with E-state index in [1.807, 2.05) is 0 Å². The van der Waals surface area contributed by atoms with Crippen LogP contribution in [-0.4, -0.2) is 15.0 Å². The Kier molecular flexibility index (Phi) is 3.15. The van der Waals surface area contributed by atoms with Gasteiger partial charge < -0.3 is 9.84 Å². The van der Waals surface area contributed by atoms with E-state index < -0.39 is 0 Å². The molecule has 0 aliphatic heterocycles. The lowest BCUT2D eigenvalue weighted by Gasteiger charge is -1.99. The Bertz CT molecular complexity index is 401. The molecule has 2 heterocycles. The molecule has 0 bridgehead atoms. The first-order chi connectivity index (χ1) is 7.38. The minimum atomic E-state index is 0.542. The molecule has 78 valence electrons. The Labute approximate surface area is 90.3 Å². The van der Waals surface area contributed by atoms with E-state index in [1.165, 1.54) is 18.0 Å². The first-order valence-corrected chi connectivity index (χ1v) is 5.17. The average molecular weight is 223 g/mol. The van der Waals surface area contributed by atoms with Gasteiger partial charge in [-0.25, -0.2) is 15.8 Å². The Morgan fingerprint density at radius 3 is 2.87 bits per heavy atom. The maximum Gasteiger partial charge on any atom is 0.255 e. The van der Waals surface area contributed by atoms with Crippen LogP contribution in [0.1, 0.15) is 5.69 Å². The van der Waals surface area contributed by atoms with Gasteiger partial charge in [-0.3, -0.25) is 4.98 Å². The number of oxazole rings is 1. The van der Waals surface area contributed by atoms with E-state index in [1.54, 1.807) is 18.6 Å². The number of hydrogen-bond acceptors (Lipinski definition) is 7. The molecule has 15 heavy (non-hydrogen) atoms. The highest BCUT2D eigenvalue weighted by atomic mass is 32.2. The van der Waals surface area contributed by atoms with Crippen LogP contribution in [0.5, 0.6) is 0 Å². The molecule has 0 aliphatic rings. The monoisotopic (exact) mass is 223 g/mol. The summed E-state index contributed by atoms with van der Waals surface area (Å²) in [6.07, 6.45) is 6.38. The molecule has 2 aromatic rings. The van der Waals surface area contributed by atoms with Crippen LogP contribution in [0, 0.1) is 0 Å². The summed E-state index contributed by atoms with van der Waals surface area (Å²) in [7, 11) is 0. The molecule has 0 saturated heterocycles. The Balaban J connectivity index is 1.93. The number of nitrogens with two attached hydrogens (primary N) is 1. The van der Waals surface area contributed by atoms with Gasteiger partial charge in [0.25, 0.3) is 5.22 Å². The maximum absolute atomic E-state index is 5.17. The fourth-order valence-electron chi connectivity index (χ4n) is 0.921. The summed E-state index contributed by atoms with van der Waals surface area (Å²) < 4.78 is 5.07. The van der Waals surface area contributed by atoms with E-state index in [0.717, 1.165) is 5.69 Å². The Morgan fingerprint density at radius 1 is 1.33 bits per heavy atom. The number of nitrogens with one attached hydrogen (secondary N) is 1. The van der Waals surface area contributed by atoms with Crippen LogP contribution >= 0.6 is 11.8 Å². The van der Waals surface area contributed by atoms with E-state index in [0.29, 0.717) is 16.8 Å². The number of thioether (sulfide) groups is 1. The van der Waals surface area contributed by atoms with Crippen LogP contribution in [0.4, 0.5) is 5.82 Å². The standard InChI is InChI=1S/C8H9N5OS/c9-13-7-4-11-6(3-12-7)5-15-8-10-1-2-14-8/h1-4H,5,9H2,(H,12,13). The zero-order valence-corrected chi connectivity index (χ0v) is 8.57. The van der Waals surface area contributed by atoms with Gasteiger partial charge in [-0.2, -0.15) is 0 Å². The van der Waals surface area contributed by atoms with Crippen molar-refractivity contribution in [2.24, 2.45) is 5.84 Å². The van der Waals surface area contributed by atoms with Crippen LogP contribution in [0.2, 0.25) is 0 Å². The van der Waals surface area contributed by atoms with Crippen molar-refractivity contribution in [1.29, 1.82) is 0 Å². The fraction of sp³-hybridized carbons (Fsp3) is 0.125. The van der Waals surface area contributed by atoms with Gasteiger partial charge in [-0.1, -0.05) is 11.8 Å². The SMILES string of the molecule is NNc1cnc(CSc2ncco2)cn1. The van der Waals surface area contributed by atoms with E-state index in [2.05, 4.69) is 20.4 Å². The topological polar surface area (TPSA) is 89.9 Å². The predicted molar refractivity (Wildman–Crippen MR) is 55.9 cm³/mol. The summed E-state index contributed by atoms with van der Waals surface area (Å²) in [6, 6.07) is 0. The van der Waals surface area contributed by atoms with Gasteiger partial charge in [0.1, 0.15) is 6.26 Å². The molecular weight excluding hydrogens is 214 g/mol. The second-order valence-electron chi connectivity index (χ2n) is 2.62. The van der Waals surface area contributed by atoms with Crippen LogP contribution in [0.25, 0.3) is 0 Å². The molecule has 7 heteroatoms. The van der Waals surface area contributed by atoms with E-state index in [4.69, 9.17) is 10.3 Å². The van der Waals surface area contributed by atoms with Crippen LogP contribution in [-0.2, 0) is 5.75 Å². The first-order valence-electron chi connectivity index (χ1n) is 4.18. The number of hydrazine groups is 1. The van der Waals surface area contributed by atoms with Crippen molar-refractivity contribution in [3.05, 3.63) is 30.5 Å². The zero-order chi connectivity index (χ0) is 10.5. The summed E-state index contributed by atoms with van der Waals surface area (Å²) in [5.41, 5.74) is 3.26. The lowest BCUT2D eigenvalue weighted by atomic mass is 10.5. The summed E-state index contributed by atoms with van der Waals surface area (Å²) in [5, 5.41) is 0.623. The van der Waals surface area contributed by atoms with Crippen LogP contribution in [0.3, 0.4) is 0 Å². The van der Waals surface area contributed by atoms with Crippen LogP contribution in [0.15, 0.2) is 34.5 Å². The molecule has 0 unspecified atom stereocenters. The fourth-order valence-corrected chi connectivity index (χ4v) is 1.60. The van der Waals surface area contributed by atoms with Gasteiger partial charge in [0.2, 0.25) is 0 Å². The third-order valence-corrected chi connectivity index (χ3v) is 2.50. The largest absolute Gasteiger partial charge is 0.440 e. The smallest absolute Gasteiger partial charge is 0.255 e. The predicted octanol–water partition coefficient (Wildman–Crippen LogP) is 1.04. The van der Waals surface area contributed by atoms with Crippen molar-refractivity contribution in [3.63, 3.8) is 0 Å². The van der Waals surface area contributed by atoms with Crippen molar-refractivity contribution >= 4 is 17.6 Å². The molecule has 2 rings (SSSR count). The van der Waals surface area contributed by atoms with Crippen molar-refractivity contribution in [2.45, 2.75) is 11.0 Å². The van der Waals surface area contributed by atoms with Gasteiger partial charge in [-0.15, -0.1) is 0 Å². The molecule has 0 fully saturated rings. The van der Waals surface area contributed by atoms with E-state index >= 15 is 0 Å². The van der Waals surface area contributed by atoms with Gasteiger partial charge in [0, 0.05) is 5.75 Å². The molecule has 0 saturated carbocycles. The second kappa shape index (κ2) is 4.76. The molecule has 0 spiro atoms. The third-order valence-electron chi connectivity index (χ3n) is 1.61. The minimum Gasteiger partial charge on any atom is -0.440 e. The number of nitrogens with zero attached hydrogens (tertiary/aromatic N) is 3. The van der Waals surface area contributed by atoms with Crippen molar-refractivity contribution < 1.29 is 4.42 Å². The highest BCUT2D eigenvalue weighted by Crippen LogP contribution is 2.19. The molecule has 3 N–H and O–H groups in total. The number of aromatic nitrogens is 3. The van der Waals surface area contributed by atoms with Gasteiger partial charge >= 0.3 is 0 Å². The first kappa shape index (κ1) is 9.94. The quantitative estimate of drug-likeness (QED) is 0.454. The minimum absolute atomic E-state index is 0.542. The molecule has 6 nitrogen and oxygen atoms in total. The molecule has 0 aliphatic carbocycles. The summed E-state index contributed by atoms with van der Waals surface area (Å²) >= 11 is 1.46. The lowest BCUT2D eigenvalue weighted by Crippen LogP contribution is -2.08.